The summed E-state index contributed by atoms with van der Waals surface area (Å²) in [5, 5.41) is 4.44. The second-order valence-corrected chi connectivity index (χ2v) is 5.64. The van der Waals surface area contributed by atoms with Crippen LogP contribution in [0.3, 0.4) is 0 Å². The minimum Gasteiger partial charge on any atom is -0.367 e. The van der Waals surface area contributed by atoms with Gasteiger partial charge in [0.2, 0.25) is 0 Å². The highest BCUT2D eigenvalue weighted by Crippen LogP contribution is 2.16. The van der Waals surface area contributed by atoms with Gasteiger partial charge in [-0.1, -0.05) is 26.7 Å². The van der Waals surface area contributed by atoms with Crippen LogP contribution in [0.2, 0.25) is 0 Å². The molecule has 0 aliphatic carbocycles. The van der Waals surface area contributed by atoms with E-state index in [9.17, 15) is 0 Å². The summed E-state index contributed by atoms with van der Waals surface area (Å²) in [6, 6.07) is 2.47. The molecule has 1 aromatic rings. The number of nitrogens with one attached hydrogen (secondary N) is 1. The Morgan fingerprint density at radius 3 is 2.65 bits per heavy atom. The molecule has 17 heavy (non-hydrogen) atoms. The zero-order chi connectivity index (χ0) is 12.7. The monoisotopic (exact) mass is 253 g/mol. The average Bonchev–Trinajstić information content (AvgIpc) is 2.28. The van der Waals surface area contributed by atoms with Gasteiger partial charge in [-0.05, 0) is 25.5 Å². The SMILES string of the molecule is CSc1cc(NC(C)CCCC(C)C)ncn1. The third-order valence-corrected chi connectivity index (χ3v) is 3.31. The van der Waals surface area contributed by atoms with E-state index in [0.29, 0.717) is 6.04 Å². The van der Waals surface area contributed by atoms with Crippen LogP contribution in [0.4, 0.5) is 5.82 Å². The fraction of sp³-hybridized carbons (Fsp3) is 0.692. The summed E-state index contributed by atoms with van der Waals surface area (Å²) in [6.45, 7) is 6.75. The topological polar surface area (TPSA) is 37.8 Å². The third-order valence-electron chi connectivity index (χ3n) is 2.66. The average molecular weight is 253 g/mol. The summed E-state index contributed by atoms with van der Waals surface area (Å²) < 4.78 is 0. The molecule has 0 spiro atoms. The highest BCUT2D eigenvalue weighted by Gasteiger charge is 2.04. The predicted molar refractivity (Wildman–Crippen MR) is 75.6 cm³/mol. The molecule has 1 atom stereocenters. The molecular weight excluding hydrogens is 230 g/mol. The van der Waals surface area contributed by atoms with Crippen molar-refractivity contribution in [3.63, 3.8) is 0 Å². The van der Waals surface area contributed by atoms with Crippen molar-refractivity contribution in [2.75, 3.05) is 11.6 Å². The fourth-order valence-corrected chi connectivity index (χ4v) is 2.07. The van der Waals surface area contributed by atoms with Crippen molar-refractivity contribution < 1.29 is 0 Å². The predicted octanol–water partition coefficient (Wildman–Crippen LogP) is 3.83. The van der Waals surface area contributed by atoms with E-state index in [1.54, 1.807) is 18.1 Å². The first-order chi connectivity index (χ1) is 8.11. The van der Waals surface area contributed by atoms with Crippen molar-refractivity contribution in [3.8, 4) is 0 Å². The lowest BCUT2D eigenvalue weighted by Crippen LogP contribution is -2.16. The highest BCUT2D eigenvalue weighted by molar-refractivity contribution is 7.98. The number of thioether (sulfide) groups is 1. The number of rotatable bonds is 7. The van der Waals surface area contributed by atoms with Crippen LogP contribution >= 0.6 is 11.8 Å². The normalized spacial score (nSPS) is 12.8. The third kappa shape index (κ3) is 5.91. The van der Waals surface area contributed by atoms with Crippen LogP contribution in [0.5, 0.6) is 0 Å². The molecular formula is C13H23N3S. The van der Waals surface area contributed by atoms with Crippen molar-refractivity contribution in [2.45, 2.75) is 51.1 Å². The van der Waals surface area contributed by atoms with Gasteiger partial charge in [0.1, 0.15) is 17.2 Å². The van der Waals surface area contributed by atoms with E-state index in [0.717, 1.165) is 16.8 Å². The Hall–Kier alpha value is -0.770. The lowest BCUT2D eigenvalue weighted by molar-refractivity contribution is 0.520. The maximum atomic E-state index is 4.23. The molecule has 1 unspecified atom stereocenters. The summed E-state index contributed by atoms with van der Waals surface area (Å²) >= 11 is 1.64. The Morgan fingerprint density at radius 1 is 1.24 bits per heavy atom. The summed E-state index contributed by atoms with van der Waals surface area (Å²) in [5.74, 6) is 1.73. The van der Waals surface area contributed by atoms with Crippen LogP contribution < -0.4 is 5.32 Å². The molecule has 1 aromatic heterocycles. The molecule has 3 nitrogen and oxygen atoms in total. The van der Waals surface area contributed by atoms with Gasteiger partial charge in [0.05, 0.1) is 0 Å². The zero-order valence-corrected chi connectivity index (χ0v) is 12.0. The Labute approximate surface area is 109 Å². The van der Waals surface area contributed by atoms with Gasteiger partial charge in [0.25, 0.3) is 0 Å². The number of nitrogens with zero attached hydrogens (tertiary/aromatic N) is 2. The molecule has 0 bridgehead atoms. The van der Waals surface area contributed by atoms with Gasteiger partial charge < -0.3 is 5.32 Å². The van der Waals surface area contributed by atoms with Crippen molar-refractivity contribution in [2.24, 2.45) is 5.92 Å². The minimum atomic E-state index is 0.471. The van der Waals surface area contributed by atoms with Crippen LogP contribution in [-0.4, -0.2) is 22.3 Å². The maximum absolute atomic E-state index is 4.23. The molecule has 0 amide bonds. The molecule has 0 aliphatic heterocycles. The molecule has 1 heterocycles. The molecule has 0 fully saturated rings. The van der Waals surface area contributed by atoms with Crippen LogP contribution in [0, 0.1) is 5.92 Å². The largest absolute Gasteiger partial charge is 0.367 e. The van der Waals surface area contributed by atoms with Gasteiger partial charge in [0.15, 0.2) is 0 Å². The van der Waals surface area contributed by atoms with E-state index < -0.39 is 0 Å². The molecule has 4 heteroatoms. The quantitative estimate of drug-likeness (QED) is 0.592. The number of hydrogen-bond acceptors (Lipinski definition) is 4. The Bertz CT molecular complexity index is 328. The van der Waals surface area contributed by atoms with Crippen molar-refractivity contribution in [1.82, 2.24) is 9.97 Å². The number of aromatic nitrogens is 2. The van der Waals surface area contributed by atoms with Crippen LogP contribution in [0.15, 0.2) is 17.4 Å². The van der Waals surface area contributed by atoms with Crippen molar-refractivity contribution in [3.05, 3.63) is 12.4 Å². The van der Waals surface area contributed by atoms with Crippen molar-refractivity contribution >= 4 is 17.6 Å². The Balaban J connectivity index is 2.36. The van der Waals surface area contributed by atoms with E-state index in [-0.39, 0.29) is 0 Å². The van der Waals surface area contributed by atoms with E-state index in [4.69, 9.17) is 0 Å². The molecule has 0 aromatic carbocycles. The summed E-state index contributed by atoms with van der Waals surface area (Å²) in [4.78, 5) is 8.40. The summed E-state index contributed by atoms with van der Waals surface area (Å²) in [6.07, 6.45) is 7.40. The summed E-state index contributed by atoms with van der Waals surface area (Å²) in [7, 11) is 0. The number of hydrogen-bond donors (Lipinski definition) is 1. The minimum absolute atomic E-state index is 0.471. The second kappa shape index (κ2) is 7.54. The van der Waals surface area contributed by atoms with E-state index in [1.165, 1.54) is 19.3 Å². The van der Waals surface area contributed by atoms with E-state index >= 15 is 0 Å². The number of anilines is 1. The van der Waals surface area contributed by atoms with Crippen LogP contribution in [0.1, 0.15) is 40.0 Å². The van der Waals surface area contributed by atoms with Crippen molar-refractivity contribution in [1.29, 1.82) is 0 Å². The summed E-state index contributed by atoms with van der Waals surface area (Å²) in [5.41, 5.74) is 0. The van der Waals surface area contributed by atoms with Crippen LogP contribution in [0.25, 0.3) is 0 Å². The molecule has 1 N–H and O–H groups in total. The Kier molecular flexibility index (Phi) is 6.34. The van der Waals surface area contributed by atoms with E-state index in [2.05, 4.69) is 36.1 Å². The lowest BCUT2D eigenvalue weighted by atomic mass is 10.0. The smallest absolute Gasteiger partial charge is 0.130 e. The maximum Gasteiger partial charge on any atom is 0.130 e. The van der Waals surface area contributed by atoms with Gasteiger partial charge in [-0.25, -0.2) is 9.97 Å². The highest BCUT2D eigenvalue weighted by atomic mass is 32.2. The van der Waals surface area contributed by atoms with Gasteiger partial charge in [-0.15, -0.1) is 11.8 Å². The Morgan fingerprint density at radius 2 is 2.00 bits per heavy atom. The lowest BCUT2D eigenvalue weighted by Gasteiger charge is -2.15. The molecule has 0 saturated carbocycles. The van der Waals surface area contributed by atoms with E-state index in [1.807, 2.05) is 12.3 Å². The molecule has 0 aliphatic rings. The molecule has 0 radical (unpaired) electrons. The fourth-order valence-electron chi connectivity index (χ4n) is 1.69. The van der Waals surface area contributed by atoms with Gasteiger partial charge in [0, 0.05) is 12.1 Å². The molecule has 96 valence electrons. The zero-order valence-electron chi connectivity index (χ0n) is 11.2. The first-order valence-corrected chi connectivity index (χ1v) is 7.47. The first kappa shape index (κ1) is 14.3. The second-order valence-electron chi connectivity index (χ2n) is 4.82. The molecule has 1 rings (SSSR count). The standard InChI is InChI=1S/C13H23N3S/c1-10(2)6-5-7-11(3)16-12-8-13(17-4)15-9-14-12/h8-11H,5-7H2,1-4H3,(H,14,15,16). The van der Waals surface area contributed by atoms with Gasteiger partial charge >= 0.3 is 0 Å². The first-order valence-electron chi connectivity index (χ1n) is 6.24. The van der Waals surface area contributed by atoms with Crippen LogP contribution in [-0.2, 0) is 0 Å². The van der Waals surface area contributed by atoms with Gasteiger partial charge in [-0.2, -0.15) is 0 Å². The van der Waals surface area contributed by atoms with Gasteiger partial charge in [-0.3, -0.25) is 0 Å². The molecule has 0 saturated heterocycles.